The molecule has 0 unspecified atom stereocenters. The summed E-state index contributed by atoms with van der Waals surface area (Å²) in [6.07, 6.45) is 2.34. The molecule has 3 rings (SSSR count). The summed E-state index contributed by atoms with van der Waals surface area (Å²) in [5, 5.41) is 2.88. The van der Waals surface area contributed by atoms with Crippen LogP contribution < -0.4 is 5.32 Å². The van der Waals surface area contributed by atoms with Gasteiger partial charge in [-0.05, 0) is 30.2 Å². The minimum atomic E-state index is -1.07. The molecule has 0 radical (unpaired) electrons. The second kappa shape index (κ2) is 7.71. The minimum absolute atomic E-state index is 0.155. The van der Waals surface area contributed by atoms with Crippen LogP contribution in [-0.4, -0.2) is 47.3 Å². The van der Waals surface area contributed by atoms with Crippen molar-refractivity contribution in [1.82, 2.24) is 15.1 Å². The number of amides is 4. The van der Waals surface area contributed by atoms with Gasteiger partial charge in [0.25, 0.3) is 5.91 Å². The third-order valence-electron chi connectivity index (χ3n) is 5.58. The molecule has 0 aliphatic carbocycles. The van der Waals surface area contributed by atoms with Crippen LogP contribution in [0.3, 0.4) is 0 Å². The Kier molecular flexibility index (Phi) is 5.53. The van der Waals surface area contributed by atoms with Crippen molar-refractivity contribution in [2.45, 2.75) is 45.6 Å². The fourth-order valence-electron chi connectivity index (χ4n) is 4.48. The highest BCUT2D eigenvalue weighted by Crippen LogP contribution is 2.33. The number of hydrogen-bond acceptors (Lipinski definition) is 3. The molecule has 0 saturated carbocycles. The van der Waals surface area contributed by atoms with Gasteiger partial charge in [0.05, 0.1) is 0 Å². The summed E-state index contributed by atoms with van der Waals surface area (Å²) in [7, 11) is 0. The van der Waals surface area contributed by atoms with E-state index in [9.17, 15) is 14.4 Å². The molecule has 1 aromatic carbocycles. The molecule has 2 saturated heterocycles. The van der Waals surface area contributed by atoms with E-state index in [0.717, 1.165) is 23.3 Å². The monoisotopic (exact) mass is 371 g/mol. The molecule has 1 N–H and O–H groups in total. The van der Waals surface area contributed by atoms with Crippen LogP contribution in [-0.2, 0) is 15.1 Å². The maximum Gasteiger partial charge on any atom is 0.325 e. The normalized spacial score (nSPS) is 28.4. The van der Waals surface area contributed by atoms with E-state index < -0.39 is 11.6 Å². The Labute approximate surface area is 160 Å². The van der Waals surface area contributed by atoms with Crippen molar-refractivity contribution in [1.29, 1.82) is 0 Å². The average molecular weight is 371 g/mol. The first kappa shape index (κ1) is 19.4. The zero-order valence-corrected chi connectivity index (χ0v) is 16.4. The highest BCUT2D eigenvalue weighted by molar-refractivity contribution is 6.09. The summed E-state index contributed by atoms with van der Waals surface area (Å²) in [5.41, 5.74) is -0.309. The number of nitrogens with zero attached hydrogens (tertiary/aromatic N) is 2. The smallest absolute Gasteiger partial charge is 0.325 e. The number of rotatable bonds is 5. The van der Waals surface area contributed by atoms with Crippen molar-refractivity contribution in [3.05, 3.63) is 35.9 Å². The molecule has 146 valence electrons. The van der Waals surface area contributed by atoms with Crippen molar-refractivity contribution in [2.24, 2.45) is 11.8 Å². The van der Waals surface area contributed by atoms with Gasteiger partial charge in [0.2, 0.25) is 5.91 Å². The van der Waals surface area contributed by atoms with E-state index in [1.807, 2.05) is 37.3 Å². The summed E-state index contributed by atoms with van der Waals surface area (Å²) < 4.78 is 0. The molecule has 1 aromatic rings. The number of likely N-dealkylation sites (tertiary alicyclic amines) is 1. The van der Waals surface area contributed by atoms with Crippen molar-refractivity contribution >= 4 is 17.8 Å². The maximum absolute atomic E-state index is 13.2. The highest BCUT2D eigenvalue weighted by atomic mass is 16.2. The van der Waals surface area contributed by atoms with Crippen LogP contribution in [0.25, 0.3) is 0 Å². The molecule has 27 heavy (non-hydrogen) atoms. The molecular formula is C21H29N3O3. The molecule has 2 fully saturated rings. The van der Waals surface area contributed by atoms with Gasteiger partial charge in [-0.2, -0.15) is 0 Å². The number of carbonyl (C=O) groups excluding carboxylic acids is 3. The molecule has 2 aliphatic rings. The van der Waals surface area contributed by atoms with E-state index in [1.54, 1.807) is 4.90 Å². The van der Waals surface area contributed by atoms with Gasteiger partial charge in [-0.1, -0.05) is 57.5 Å². The van der Waals surface area contributed by atoms with Gasteiger partial charge in [-0.25, -0.2) is 4.79 Å². The third-order valence-corrected chi connectivity index (χ3v) is 5.58. The SMILES string of the molecule is CCC[C@]1(c2ccccc2)NC(=O)N(CC(=O)N2C[C@H](C)C[C@@H](C)C2)C1=O. The number of hydrogen-bond donors (Lipinski definition) is 1. The van der Waals surface area contributed by atoms with E-state index in [0.29, 0.717) is 31.3 Å². The Balaban J connectivity index is 1.80. The Morgan fingerprint density at radius 3 is 2.37 bits per heavy atom. The van der Waals surface area contributed by atoms with E-state index in [2.05, 4.69) is 19.2 Å². The largest absolute Gasteiger partial charge is 0.341 e. The van der Waals surface area contributed by atoms with Gasteiger partial charge in [-0.3, -0.25) is 14.5 Å². The molecule has 0 bridgehead atoms. The Morgan fingerprint density at radius 2 is 1.78 bits per heavy atom. The van der Waals surface area contributed by atoms with E-state index in [4.69, 9.17) is 0 Å². The van der Waals surface area contributed by atoms with E-state index in [-0.39, 0.29) is 18.4 Å². The van der Waals surface area contributed by atoms with Crippen LogP contribution >= 0.6 is 0 Å². The number of imide groups is 1. The molecule has 4 amide bonds. The summed E-state index contributed by atoms with van der Waals surface area (Å²) in [6.45, 7) is 7.42. The lowest BCUT2D eigenvalue weighted by Crippen LogP contribution is -2.49. The first-order valence-corrected chi connectivity index (χ1v) is 9.84. The van der Waals surface area contributed by atoms with Gasteiger partial charge < -0.3 is 10.2 Å². The van der Waals surface area contributed by atoms with Crippen LogP contribution in [0.1, 0.15) is 45.6 Å². The van der Waals surface area contributed by atoms with Gasteiger partial charge in [-0.15, -0.1) is 0 Å². The first-order valence-electron chi connectivity index (χ1n) is 9.84. The number of urea groups is 1. The Morgan fingerprint density at radius 1 is 1.15 bits per heavy atom. The fraction of sp³-hybridized carbons (Fsp3) is 0.571. The van der Waals surface area contributed by atoms with E-state index >= 15 is 0 Å². The number of nitrogens with one attached hydrogen (secondary N) is 1. The maximum atomic E-state index is 13.2. The average Bonchev–Trinajstić information content (AvgIpc) is 2.87. The lowest BCUT2D eigenvalue weighted by Gasteiger charge is -2.35. The van der Waals surface area contributed by atoms with Gasteiger partial charge >= 0.3 is 6.03 Å². The van der Waals surface area contributed by atoms with Crippen LogP contribution in [0.5, 0.6) is 0 Å². The van der Waals surface area contributed by atoms with Crippen molar-refractivity contribution < 1.29 is 14.4 Å². The molecule has 2 aliphatic heterocycles. The predicted molar refractivity (Wildman–Crippen MR) is 103 cm³/mol. The van der Waals surface area contributed by atoms with Crippen LogP contribution in [0.2, 0.25) is 0 Å². The van der Waals surface area contributed by atoms with Crippen molar-refractivity contribution in [3.8, 4) is 0 Å². The second-order valence-electron chi connectivity index (χ2n) is 8.09. The van der Waals surface area contributed by atoms with Crippen LogP contribution in [0.15, 0.2) is 30.3 Å². The van der Waals surface area contributed by atoms with Crippen molar-refractivity contribution in [3.63, 3.8) is 0 Å². The number of carbonyl (C=O) groups is 3. The second-order valence-corrected chi connectivity index (χ2v) is 8.09. The lowest BCUT2D eigenvalue weighted by molar-refractivity contribution is -0.140. The summed E-state index contributed by atoms with van der Waals surface area (Å²) in [4.78, 5) is 41.5. The van der Waals surface area contributed by atoms with Gasteiger partial charge in [0.15, 0.2) is 0 Å². The Bertz CT molecular complexity index is 711. The van der Waals surface area contributed by atoms with Crippen molar-refractivity contribution in [2.75, 3.05) is 19.6 Å². The molecule has 0 aromatic heterocycles. The quantitative estimate of drug-likeness (QED) is 0.809. The van der Waals surface area contributed by atoms with Crippen LogP contribution in [0, 0.1) is 11.8 Å². The first-order chi connectivity index (χ1) is 12.9. The minimum Gasteiger partial charge on any atom is -0.341 e. The topological polar surface area (TPSA) is 69.7 Å². The number of benzene rings is 1. The fourth-order valence-corrected chi connectivity index (χ4v) is 4.48. The zero-order valence-electron chi connectivity index (χ0n) is 16.4. The highest BCUT2D eigenvalue weighted by Gasteiger charge is 2.52. The molecular weight excluding hydrogens is 342 g/mol. The summed E-state index contributed by atoms with van der Waals surface area (Å²) in [5.74, 6) is 0.387. The summed E-state index contributed by atoms with van der Waals surface area (Å²) in [6, 6.07) is 8.82. The van der Waals surface area contributed by atoms with E-state index in [1.165, 1.54) is 0 Å². The number of piperidine rings is 1. The summed E-state index contributed by atoms with van der Waals surface area (Å²) >= 11 is 0. The predicted octanol–water partition coefficient (Wildman–Crippen LogP) is 2.74. The molecule has 6 nitrogen and oxygen atoms in total. The van der Waals surface area contributed by atoms with Gasteiger partial charge in [0, 0.05) is 13.1 Å². The Hall–Kier alpha value is -2.37. The molecule has 3 atom stereocenters. The standard InChI is InChI=1S/C21H29N3O3/c1-4-10-21(17-8-6-5-7-9-17)19(26)24(20(27)22-21)14-18(25)23-12-15(2)11-16(3)13-23/h5-9,15-16H,4,10-14H2,1-3H3,(H,22,27)/t15-,16-,21-/m1/s1. The van der Waals surface area contributed by atoms with Crippen LogP contribution in [0.4, 0.5) is 4.79 Å². The molecule has 2 heterocycles. The zero-order chi connectivity index (χ0) is 19.6. The van der Waals surface area contributed by atoms with Gasteiger partial charge in [0.1, 0.15) is 12.1 Å². The molecule has 6 heteroatoms. The molecule has 0 spiro atoms. The lowest BCUT2D eigenvalue weighted by atomic mass is 9.85. The third kappa shape index (κ3) is 3.70.